The van der Waals surface area contributed by atoms with Crippen molar-refractivity contribution in [3.63, 3.8) is 0 Å². The van der Waals surface area contributed by atoms with Crippen LogP contribution in [0.4, 0.5) is 8.78 Å². The van der Waals surface area contributed by atoms with E-state index in [1.165, 1.54) is 26.0 Å². The summed E-state index contributed by atoms with van der Waals surface area (Å²) in [7, 11) is 0. The maximum absolute atomic E-state index is 12.2. The molecule has 1 heterocycles. The summed E-state index contributed by atoms with van der Waals surface area (Å²) in [5.74, 6) is -1.04. The molecule has 0 fully saturated rings. The minimum absolute atomic E-state index is 0.208. The number of rotatable bonds is 3. The fourth-order valence-electron chi connectivity index (χ4n) is 1.01. The summed E-state index contributed by atoms with van der Waals surface area (Å²) in [6.07, 6.45) is -1.58. The predicted octanol–water partition coefficient (Wildman–Crippen LogP) is 2.38. The topological polar surface area (TPSA) is 50.2 Å². The summed E-state index contributed by atoms with van der Waals surface area (Å²) in [4.78, 5) is 14.6. The zero-order valence-electron chi connectivity index (χ0n) is 8.37. The van der Waals surface area contributed by atoms with Gasteiger partial charge in [0.1, 0.15) is 5.41 Å². The van der Waals surface area contributed by atoms with Gasteiger partial charge in [0.05, 0.1) is 5.69 Å². The minimum Gasteiger partial charge on any atom is -0.481 e. The van der Waals surface area contributed by atoms with Crippen LogP contribution in [0.3, 0.4) is 0 Å². The number of carbonyl (C=O) groups is 1. The average Bonchev–Trinajstić information content (AvgIpc) is 2.17. The van der Waals surface area contributed by atoms with Crippen LogP contribution >= 0.6 is 0 Å². The molecule has 1 rings (SSSR count). The molecule has 1 aromatic rings. The fourth-order valence-corrected chi connectivity index (χ4v) is 1.01. The Balaban J connectivity index is 3.04. The Labute approximate surface area is 85.8 Å². The number of hydrogen-bond donors (Lipinski definition) is 1. The van der Waals surface area contributed by atoms with E-state index in [4.69, 9.17) is 5.11 Å². The van der Waals surface area contributed by atoms with Crippen molar-refractivity contribution >= 4 is 5.97 Å². The van der Waals surface area contributed by atoms with Gasteiger partial charge in [0.2, 0.25) is 0 Å². The van der Waals surface area contributed by atoms with Gasteiger partial charge in [0.15, 0.2) is 0 Å². The van der Waals surface area contributed by atoms with Crippen molar-refractivity contribution in [2.75, 3.05) is 0 Å². The first-order valence-electron chi connectivity index (χ1n) is 4.33. The second-order valence-electron chi connectivity index (χ2n) is 3.71. The van der Waals surface area contributed by atoms with E-state index >= 15 is 0 Å². The molecule has 0 unspecified atom stereocenters. The molecule has 0 radical (unpaired) electrons. The summed E-state index contributed by atoms with van der Waals surface area (Å²) < 4.78 is 24.4. The molecule has 0 aliphatic carbocycles. The first-order valence-corrected chi connectivity index (χ1v) is 4.33. The lowest BCUT2D eigenvalue weighted by atomic mass is 9.89. The maximum atomic E-state index is 12.2. The molecular weight excluding hydrogens is 204 g/mol. The Morgan fingerprint density at radius 2 is 2.07 bits per heavy atom. The Bertz CT molecular complexity index is 360. The van der Waals surface area contributed by atoms with Crippen LogP contribution in [0.25, 0.3) is 0 Å². The van der Waals surface area contributed by atoms with Crippen molar-refractivity contribution in [1.29, 1.82) is 0 Å². The molecule has 0 saturated carbocycles. The van der Waals surface area contributed by atoms with E-state index in [0.717, 1.165) is 6.20 Å². The quantitative estimate of drug-likeness (QED) is 0.842. The molecule has 15 heavy (non-hydrogen) atoms. The van der Waals surface area contributed by atoms with Crippen LogP contribution in [0.15, 0.2) is 18.3 Å². The predicted molar refractivity (Wildman–Crippen MR) is 49.9 cm³/mol. The summed E-state index contributed by atoms with van der Waals surface area (Å²) in [6, 6.07) is 2.51. The molecule has 0 bridgehead atoms. The third-order valence-electron chi connectivity index (χ3n) is 2.21. The van der Waals surface area contributed by atoms with Gasteiger partial charge in [-0.05, 0) is 26.0 Å². The van der Waals surface area contributed by atoms with E-state index < -0.39 is 17.8 Å². The number of nitrogens with zero attached hydrogens (tertiary/aromatic N) is 1. The molecular formula is C10H11F2NO2. The summed E-state index contributed by atoms with van der Waals surface area (Å²) in [5, 5.41) is 8.89. The Morgan fingerprint density at radius 1 is 1.47 bits per heavy atom. The lowest BCUT2D eigenvalue weighted by molar-refractivity contribution is -0.142. The molecule has 0 spiro atoms. The molecule has 82 valence electrons. The van der Waals surface area contributed by atoms with Crippen molar-refractivity contribution in [3.05, 3.63) is 29.6 Å². The number of aliphatic carboxylic acids is 1. The van der Waals surface area contributed by atoms with E-state index in [1.807, 2.05) is 0 Å². The summed E-state index contributed by atoms with van der Waals surface area (Å²) in [5.41, 5.74) is -1.11. The first kappa shape index (κ1) is 11.6. The Morgan fingerprint density at radius 3 is 2.40 bits per heavy atom. The third-order valence-corrected chi connectivity index (χ3v) is 2.21. The van der Waals surface area contributed by atoms with E-state index in [0.29, 0.717) is 0 Å². The van der Waals surface area contributed by atoms with Crippen LogP contribution in [0.1, 0.15) is 31.5 Å². The number of carboxylic acid groups (broad SMARTS) is 1. The monoisotopic (exact) mass is 215 g/mol. The maximum Gasteiger partial charge on any atom is 0.315 e. The van der Waals surface area contributed by atoms with Crippen molar-refractivity contribution in [2.45, 2.75) is 25.7 Å². The van der Waals surface area contributed by atoms with Gasteiger partial charge in [0.25, 0.3) is 6.43 Å². The normalized spacial score (nSPS) is 11.8. The number of halogens is 2. The van der Waals surface area contributed by atoms with E-state index in [1.54, 1.807) is 0 Å². The molecule has 0 aliphatic rings. The van der Waals surface area contributed by atoms with Crippen LogP contribution in [-0.4, -0.2) is 16.1 Å². The number of pyridine rings is 1. The highest BCUT2D eigenvalue weighted by molar-refractivity contribution is 5.79. The largest absolute Gasteiger partial charge is 0.481 e. The van der Waals surface area contributed by atoms with Gasteiger partial charge in [-0.2, -0.15) is 0 Å². The zero-order valence-corrected chi connectivity index (χ0v) is 8.37. The van der Waals surface area contributed by atoms with Gasteiger partial charge in [-0.1, -0.05) is 0 Å². The molecule has 1 N–H and O–H groups in total. The van der Waals surface area contributed by atoms with Crippen molar-refractivity contribution < 1.29 is 18.7 Å². The minimum atomic E-state index is -2.58. The molecule has 0 saturated heterocycles. The molecule has 5 heteroatoms. The SMILES string of the molecule is CC(C)(C(=O)O)c1ccc(C(F)F)cn1. The average molecular weight is 215 g/mol. The number of hydrogen-bond acceptors (Lipinski definition) is 2. The van der Waals surface area contributed by atoms with Crippen LogP contribution < -0.4 is 0 Å². The highest BCUT2D eigenvalue weighted by Crippen LogP contribution is 2.24. The Hall–Kier alpha value is -1.52. The molecule has 0 amide bonds. The number of carboxylic acids is 1. The van der Waals surface area contributed by atoms with Crippen LogP contribution in [0, 0.1) is 0 Å². The lowest BCUT2D eigenvalue weighted by Crippen LogP contribution is -2.29. The van der Waals surface area contributed by atoms with Crippen molar-refractivity contribution in [2.24, 2.45) is 0 Å². The van der Waals surface area contributed by atoms with E-state index in [-0.39, 0.29) is 11.3 Å². The fraction of sp³-hybridized carbons (Fsp3) is 0.400. The first-order chi connectivity index (χ1) is 6.85. The molecule has 0 aromatic carbocycles. The van der Waals surface area contributed by atoms with Crippen LogP contribution in [0.5, 0.6) is 0 Å². The van der Waals surface area contributed by atoms with Gasteiger partial charge in [0, 0.05) is 11.8 Å². The summed E-state index contributed by atoms with van der Waals surface area (Å²) >= 11 is 0. The standard InChI is InChI=1S/C10H11F2NO2/c1-10(2,9(14)15)7-4-3-6(5-13-7)8(11)12/h3-5,8H,1-2H3,(H,14,15). The van der Waals surface area contributed by atoms with Gasteiger partial charge in [-0.25, -0.2) is 8.78 Å². The molecule has 0 atom stereocenters. The molecule has 3 nitrogen and oxygen atoms in total. The van der Waals surface area contributed by atoms with Gasteiger partial charge in [-0.15, -0.1) is 0 Å². The highest BCUT2D eigenvalue weighted by Gasteiger charge is 2.30. The second kappa shape index (κ2) is 3.92. The van der Waals surface area contributed by atoms with Crippen LogP contribution in [0.2, 0.25) is 0 Å². The number of aromatic nitrogens is 1. The lowest BCUT2D eigenvalue weighted by Gasteiger charge is -2.18. The van der Waals surface area contributed by atoms with Crippen molar-refractivity contribution in [3.8, 4) is 0 Å². The van der Waals surface area contributed by atoms with E-state index in [2.05, 4.69) is 4.98 Å². The van der Waals surface area contributed by atoms with Crippen molar-refractivity contribution in [1.82, 2.24) is 4.98 Å². The molecule has 1 aromatic heterocycles. The third kappa shape index (κ3) is 2.29. The van der Waals surface area contributed by atoms with Gasteiger partial charge in [-0.3, -0.25) is 9.78 Å². The summed E-state index contributed by atoms with van der Waals surface area (Å²) in [6.45, 7) is 2.94. The second-order valence-corrected chi connectivity index (χ2v) is 3.71. The van der Waals surface area contributed by atoms with Gasteiger partial charge < -0.3 is 5.11 Å². The smallest absolute Gasteiger partial charge is 0.315 e. The zero-order chi connectivity index (χ0) is 11.6. The van der Waals surface area contributed by atoms with E-state index in [9.17, 15) is 13.6 Å². The van der Waals surface area contributed by atoms with Gasteiger partial charge >= 0.3 is 5.97 Å². The Kier molecular flexibility index (Phi) is 3.02. The highest BCUT2D eigenvalue weighted by atomic mass is 19.3. The number of alkyl halides is 2. The molecule has 0 aliphatic heterocycles. The van der Waals surface area contributed by atoms with Crippen LogP contribution in [-0.2, 0) is 10.2 Å².